The maximum absolute atomic E-state index is 14.6. The van der Waals surface area contributed by atoms with Gasteiger partial charge in [0, 0.05) is 40.6 Å². The Labute approximate surface area is 292 Å². The number of amides is 2. The SMILES string of the molecule is CCNC(=O)[C@H](Cc1ccccc1)N(Cc1ccc(Br)cc1)C(=O)CN(c1cc(Cl)ccc1OC)S(=O)(=O)c1ccc(C)c([N+](=O)[O-])c1. The minimum atomic E-state index is -4.66. The number of nitro groups is 1. The number of methoxy groups -OCH3 is 1. The van der Waals surface area contributed by atoms with Gasteiger partial charge in [0.1, 0.15) is 18.3 Å². The van der Waals surface area contributed by atoms with Crippen molar-refractivity contribution in [1.29, 1.82) is 0 Å². The lowest BCUT2D eigenvalue weighted by molar-refractivity contribution is -0.385. The standard InChI is InChI=1S/C34H34BrClN4O7S/c1-4-37-34(42)31(18-24-8-6-5-7-9-24)38(21-25-11-13-26(35)14-12-25)33(41)22-39(30-19-27(36)15-17-32(30)47-3)48(45,46)28-16-10-23(2)29(20-28)40(43)44/h5-17,19-20,31H,4,18,21-22H2,1-3H3,(H,37,42)/t31-/m0/s1. The molecule has 11 nitrogen and oxygen atoms in total. The minimum Gasteiger partial charge on any atom is -0.495 e. The Morgan fingerprint density at radius 3 is 2.31 bits per heavy atom. The molecule has 4 rings (SSSR count). The number of anilines is 1. The Kier molecular flexibility index (Phi) is 12.2. The Balaban J connectivity index is 1.88. The van der Waals surface area contributed by atoms with Crippen LogP contribution in [-0.4, -0.2) is 56.3 Å². The van der Waals surface area contributed by atoms with Crippen molar-refractivity contribution in [2.75, 3.05) is 24.5 Å². The highest BCUT2D eigenvalue weighted by atomic mass is 79.9. The molecule has 0 aliphatic rings. The second-order valence-electron chi connectivity index (χ2n) is 10.8. The summed E-state index contributed by atoms with van der Waals surface area (Å²) in [5.41, 5.74) is 1.26. The van der Waals surface area contributed by atoms with Crippen LogP contribution in [0.2, 0.25) is 5.02 Å². The number of aryl methyl sites for hydroxylation is 1. The zero-order chi connectivity index (χ0) is 35.0. The van der Waals surface area contributed by atoms with Crippen LogP contribution in [0.1, 0.15) is 23.6 Å². The van der Waals surface area contributed by atoms with E-state index in [1.165, 1.54) is 49.3 Å². The van der Waals surface area contributed by atoms with Crippen LogP contribution in [0.25, 0.3) is 0 Å². The molecule has 14 heteroatoms. The molecule has 1 N–H and O–H groups in total. The molecule has 0 heterocycles. The molecule has 48 heavy (non-hydrogen) atoms. The smallest absolute Gasteiger partial charge is 0.273 e. The molecule has 0 spiro atoms. The summed E-state index contributed by atoms with van der Waals surface area (Å²) in [6.07, 6.45) is 0.145. The van der Waals surface area contributed by atoms with Gasteiger partial charge >= 0.3 is 0 Å². The summed E-state index contributed by atoms with van der Waals surface area (Å²) in [4.78, 5) is 40.2. The summed E-state index contributed by atoms with van der Waals surface area (Å²) in [5.74, 6) is -1.05. The molecule has 1 atom stereocenters. The number of nitrogens with zero attached hydrogens (tertiary/aromatic N) is 3. The molecule has 0 radical (unpaired) electrons. The van der Waals surface area contributed by atoms with Gasteiger partial charge in [-0.2, -0.15) is 0 Å². The van der Waals surface area contributed by atoms with Crippen LogP contribution in [0.4, 0.5) is 11.4 Å². The van der Waals surface area contributed by atoms with Crippen molar-refractivity contribution in [1.82, 2.24) is 10.2 Å². The average Bonchev–Trinajstić information content (AvgIpc) is 3.06. The largest absolute Gasteiger partial charge is 0.495 e. The number of carbonyl (C=O) groups excluding carboxylic acids is 2. The Morgan fingerprint density at radius 2 is 1.69 bits per heavy atom. The zero-order valence-corrected chi connectivity index (χ0v) is 29.6. The fourth-order valence-electron chi connectivity index (χ4n) is 5.08. The Morgan fingerprint density at radius 1 is 1.00 bits per heavy atom. The molecular weight excluding hydrogens is 724 g/mol. The Hall–Kier alpha value is -4.46. The molecule has 0 bridgehead atoms. The second kappa shape index (κ2) is 16.1. The fraction of sp³-hybridized carbons (Fsp3) is 0.235. The molecule has 0 saturated carbocycles. The third-order valence-electron chi connectivity index (χ3n) is 7.54. The summed E-state index contributed by atoms with van der Waals surface area (Å²) in [6.45, 7) is 2.74. The van der Waals surface area contributed by atoms with Gasteiger partial charge in [-0.15, -0.1) is 0 Å². The lowest BCUT2D eigenvalue weighted by Crippen LogP contribution is -2.53. The van der Waals surface area contributed by atoms with Gasteiger partial charge in [-0.05, 0) is 61.4 Å². The van der Waals surface area contributed by atoms with Gasteiger partial charge in [0.15, 0.2) is 0 Å². The van der Waals surface area contributed by atoms with Crippen molar-refractivity contribution in [3.63, 3.8) is 0 Å². The molecule has 0 aliphatic heterocycles. The fourth-order valence-corrected chi connectivity index (χ4v) is 6.95. The van der Waals surface area contributed by atoms with Gasteiger partial charge in [0.25, 0.3) is 15.7 Å². The maximum atomic E-state index is 14.6. The van der Waals surface area contributed by atoms with Crippen molar-refractivity contribution < 1.29 is 27.7 Å². The second-order valence-corrected chi connectivity index (χ2v) is 14.0. The van der Waals surface area contributed by atoms with E-state index in [4.69, 9.17) is 16.3 Å². The summed E-state index contributed by atoms with van der Waals surface area (Å²) >= 11 is 9.73. The number of hydrogen-bond donors (Lipinski definition) is 1. The van der Waals surface area contributed by atoms with Gasteiger partial charge in [-0.25, -0.2) is 8.42 Å². The number of sulfonamides is 1. The van der Waals surface area contributed by atoms with E-state index in [9.17, 15) is 28.1 Å². The summed E-state index contributed by atoms with van der Waals surface area (Å²) < 4.78 is 35.9. The topological polar surface area (TPSA) is 139 Å². The number of rotatable bonds is 14. The number of nitro benzene ring substituents is 1. The number of carbonyl (C=O) groups is 2. The van der Waals surface area contributed by atoms with Gasteiger partial charge < -0.3 is 15.0 Å². The highest BCUT2D eigenvalue weighted by molar-refractivity contribution is 9.10. The third kappa shape index (κ3) is 8.71. The third-order valence-corrected chi connectivity index (χ3v) is 10.1. The quantitative estimate of drug-likeness (QED) is 0.118. The van der Waals surface area contributed by atoms with Crippen molar-refractivity contribution in [2.45, 2.75) is 37.8 Å². The van der Waals surface area contributed by atoms with Crippen molar-refractivity contribution in [3.8, 4) is 5.75 Å². The van der Waals surface area contributed by atoms with E-state index < -0.39 is 49.9 Å². The van der Waals surface area contributed by atoms with E-state index in [-0.39, 0.29) is 35.0 Å². The number of halogens is 2. The van der Waals surface area contributed by atoms with E-state index in [0.29, 0.717) is 12.1 Å². The van der Waals surface area contributed by atoms with Gasteiger partial charge in [0.2, 0.25) is 11.8 Å². The van der Waals surface area contributed by atoms with E-state index in [0.717, 1.165) is 20.4 Å². The number of hydrogen-bond acceptors (Lipinski definition) is 7. The van der Waals surface area contributed by atoms with Crippen LogP contribution in [0, 0.1) is 17.0 Å². The molecule has 0 aliphatic carbocycles. The van der Waals surface area contributed by atoms with Crippen molar-refractivity contribution in [2.24, 2.45) is 0 Å². The summed E-state index contributed by atoms with van der Waals surface area (Å²) in [5, 5.41) is 14.7. The molecule has 0 aromatic heterocycles. The number of nitrogens with one attached hydrogen (secondary N) is 1. The highest BCUT2D eigenvalue weighted by Gasteiger charge is 2.36. The van der Waals surface area contributed by atoms with Crippen LogP contribution in [-0.2, 0) is 32.6 Å². The lowest BCUT2D eigenvalue weighted by Gasteiger charge is -2.34. The number of ether oxygens (including phenoxy) is 1. The van der Waals surface area contributed by atoms with Crippen molar-refractivity contribution >= 4 is 60.7 Å². The normalized spacial score (nSPS) is 11.8. The van der Waals surface area contributed by atoms with Crippen LogP contribution >= 0.6 is 27.5 Å². The number of likely N-dealkylation sites (N-methyl/N-ethyl adjacent to an activating group) is 1. The maximum Gasteiger partial charge on any atom is 0.273 e. The molecule has 4 aromatic carbocycles. The first kappa shape index (κ1) is 36.4. The molecule has 252 valence electrons. The molecule has 0 saturated heterocycles. The minimum absolute atomic E-state index is 0.0304. The Bertz CT molecular complexity index is 1890. The van der Waals surface area contributed by atoms with Crippen LogP contribution in [0.5, 0.6) is 5.75 Å². The summed E-state index contributed by atoms with van der Waals surface area (Å²) in [7, 11) is -3.33. The van der Waals surface area contributed by atoms with E-state index in [1.54, 1.807) is 31.2 Å². The van der Waals surface area contributed by atoms with Gasteiger partial charge in [-0.1, -0.05) is 76.1 Å². The van der Waals surface area contributed by atoms with E-state index in [1.807, 2.05) is 30.3 Å². The predicted octanol–water partition coefficient (Wildman–Crippen LogP) is 6.30. The number of benzene rings is 4. The summed E-state index contributed by atoms with van der Waals surface area (Å²) in [6, 6.07) is 23.1. The molecule has 2 amide bonds. The van der Waals surface area contributed by atoms with Gasteiger partial charge in [-0.3, -0.25) is 24.0 Å². The molecular formula is C34H34BrClN4O7S. The lowest BCUT2D eigenvalue weighted by atomic mass is 10.0. The predicted molar refractivity (Wildman–Crippen MR) is 188 cm³/mol. The van der Waals surface area contributed by atoms with E-state index in [2.05, 4.69) is 21.2 Å². The monoisotopic (exact) mass is 756 g/mol. The average molecular weight is 758 g/mol. The van der Waals surface area contributed by atoms with Crippen molar-refractivity contribution in [3.05, 3.63) is 127 Å². The molecule has 0 unspecified atom stereocenters. The van der Waals surface area contributed by atoms with Crippen LogP contribution < -0.4 is 14.4 Å². The van der Waals surface area contributed by atoms with Crippen LogP contribution in [0.3, 0.4) is 0 Å². The van der Waals surface area contributed by atoms with Gasteiger partial charge in [0.05, 0.1) is 22.6 Å². The molecule has 4 aromatic rings. The highest BCUT2D eigenvalue weighted by Crippen LogP contribution is 2.36. The first-order chi connectivity index (χ1) is 22.8. The molecule has 0 fully saturated rings. The zero-order valence-electron chi connectivity index (χ0n) is 26.4. The first-order valence-corrected chi connectivity index (χ1v) is 17.4. The van der Waals surface area contributed by atoms with E-state index >= 15 is 0 Å². The first-order valence-electron chi connectivity index (χ1n) is 14.8. The van der Waals surface area contributed by atoms with Crippen LogP contribution in [0.15, 0.2) is 100 Å².